The van der Waals surface area contributed by atoms with E-state index >= 15 is 0 Å². The molecule has 0 aliphatic heterocycles. The van der Waals surface area contributed by atoms with E-state index in [4.69, 9.17) is 22.1 Å². The molecule has 0 amide bonds. The van der Waals surface area contributed by atoms with Gasteiger partial charge in [0.2, 0.25) is 0 Å². The van der Waals surface area contributed by atoms with Crippen LogP contribution in [-0.4, -0.2) is 12.1 Å². The summed E-state index contributed by atoms with van der Waals surface area (Å²) in [5.74, 6) is 1.33. The monoisotopic (exact) mass is 355 g/mol. The zero-order valence-electron chi connectivity index (χ0n) is 11.4. The average molecular weight is 357 g/mol. The number of nitrogens with one attached hydrogen (secondary N) is 1. The van der Waals surface area contributed by atoms with Crippen LogP contribution in [0.25, 0.3) is 0 Å². The van der Waals surface area contributed by atoms with E-state index in [0.717, 1.165) is 21.3 Å². The Labute approximate surface area is 131 Å². The number of rotatable bonds is 3. The molecule has 0 saturated heterocycles. The summed E-state index contributed by atoms with van der Waals surface area (Å²) in [7, 11) is 1.60. The Morgan fingerprint density at radius 2 is 2.05 bits per heavy atom. The molecule has 2 rings (SSSR count). The van der Waals surface area contributed by atoms with Crippen LogP contribution >= 0.6 is 27.5 Å². The minimum absolute atomic E-state index is 0.640. The average Bonchev–Trinajstić information content (AvgIpc) is 2.43. The number of halogens is 2. The van der Waals surface area contributed by atoms with Crippen molar-refractivity contribution in [3.05, 3.63) is 39.0 Å². The Morgan fingerprint density at radius 1 is 1.35 bits per heavy atom. The van der Waals surface area contributed by atoms with Crippen molar-refractivity contribution in [1.82, 2.24) is 4.98 Å². The highest BCUT2D eigenvalue weighted by Crippen LogP contribution is 2.35. The minimum Gasteiger partial charge on any atom is -0.495 e. The molecule has 0 aliphatic rings. The molecule has 2 aromatic rings. The van der Waals surface area contributed by atoms with E-state index in [9.17, 15) is 0 Å². The number of pyridine rings is 1. The second-order valence-electron chi connectivity index (χ2n) is 4.43. The van der Waals surface area contributed by atoms with Crippen molar-refractivity contribution in [2.24, 2.45) is 0 Å². The largest absolute Gasteiger partial charge is 0.495 e. The molecular weight excluding hydrogens is 342 g/mol. The third-order valence-corrected chi connectivity index (χ3v) is 4.41. The highest BCUT2D eigenvalue weighted by Gasteiger charge is 2.12. The van der Waals surface area contributed by atoms with Gasteiger partial charge in [0.25, 0.3) is 0 Å². The molecule has 3 N–H and O–H groups in total. The number of ether oxygens (including phenoxy) is 1. The van der Waals surface area contributed by atoms with Gasteiger partial charge in [-0.3, -0.25) is 0 Å². The molecule has 1 heterocycles. The summed E-state index contributed by atoms with van der Waals surface area (Å²) in [6, 6.07) is 3.69. The molecule has 0 fully saturated rings. The Morgan fingerprint density at radius 3 is 2.70 bits per heavy atom. The van der Waals surface area contributed by atoms with Crippen molar-refractivity contribution >= 4 is 44.7 Å². The molecule has 1 aromatic heterocycles. The molecule has 0 atom stereocenters. The number of nitrogens with zero attached hydrogens (tertiary/aromatic N) is 1. The number of methoxy groups -OCH3 is 1. The lowest BCUT2D eigenvalue weighted by Gasteiger charge is -2.15. The van der Waals surface area contributed by atoms with Gasteiger partial charge in [0.1, 0.15) is 11.6 Å². The van der Waals surface area contributed by atoms with Crippen molar-refractivity contribution in [1.29, 1.82) is 0 Å². The van der Waals surface area contributed by atoms with E-state index < -0.39 is 0 Å². The lowest BCUT2D eigenvalue weighted by Crippen LogP contribution is -2.01. The first-order valence-corrected chi connectivity index (χ1v) is 7.13. The SMILES string of the molecule is COc1cc(Cl)c(C)cc1Nc1ncc(N)c(C)c1Br. The number of nitrogen functional groups attached to an aromatic ring is 1. The van der Waals surface area contributed by atoms with Gasteiger partial charge in [-0.15, -0.1) is 0 Å². The van der Waals surface area contributed by atoms with Crippen LogP contribution in [0.2, 0.25) is 5.02 Å². The number of aromatic nitrogens is 1. The molecule has 0 aliphatic carbocycles. The van der Waals surface area contributed by atoms with Crippen LogP contribution in [0.15, 0.2) is 22.8 Å². The smallest absolute Gasteiger partial charge is 0.145 e. The van der Waals surface area contributed by atoms with Crippen molar-refractivity contribution in [2.45, 2.75) is 13.8 Å². The summed E-state index contributed by atoms with van der Waals surface area (Å²) in [6.07, 6.45) is 1.62. The fourth-order valence-electron chi connectivity index (χ4n) is 1.74. The van der Waals surface area contributed by atoms with Crippen LogP contribution in [-0.2, 0) is 0 Å². The van der Waals surface area contributed by atoms with Gasteiger partial charge in [-0.2, -0.15) is 0 Å². The summed E-state index contributed by atoms with van der Waals surface area (Å²) >= 11 is 9.59. The second kappa shape index (κ2) is 5.89. The molecule has 4 nitrogen and oxygen atoms in total. The van der Waals surface area contributed by atoms with E-state index in [1.54, 1.807) is 19.4 Å². The predicted molar refractivity (Wildman–Crippen MR) is 87.1 cm³/mol. The third-order valence-electron chi connectivity index (χ3n) is 3.04. The maximum atomic E-state index is 6.10. The molecule has 1 aromatic carbocycles. The maximum Gasteiger partial charge on any atom is 0.145 e. The third kappa shape index (κ3) is 2.83. The lowest BCUT2D eigenvalue weighted by molar-refractivity contribution is 0.416. The number of hydrogen-bond donors (Lipinski definition) is 2. The van der Waals surface area contributed by atoms with Crippen LogP contribution < -0.4 is 15.8 Å². The Bertz CT molecular complexity index is 661. The maximum absolute atomic E-state index is 6.10. The van der Waals surface area contributed by atoms with Crippen molar-refractivity contribution in [3.8, 4) is 5.75 Å². The summed E-state index contributed by atoms with van der Waals surface area (Å²) in [6.45, 7) is 3.86. The molecule has 0 saturated carbocycles. The Kier molecular flexibility index (Phi) is 4.40. The molecule has 6 heteroatoms. The van der Waals surface area contributed by atoms with Gasteiger partial charge in [-0.05, 0) is 47.0 Å². The van der Waals surface area contributed by atoms with Gasteiger partial charge in [0.15, 0.2) is 0 Å². The Hall–Kier alpha value is -1.46. The predicted octanol–water partition coefficient (Wildman–Crippen LogP) is 4.45. The molecule has 0 radical (unpaired) electrons. The number of hydrogen-bond acceptors (Lipinski definition) is 4. The molecule has 0 unspecified atom stereocenters. The molecule has 106 valence electrons. The van der Waals surface area contributed by atoms with E-state index in [-0.39, 0.29) is 0 Å². The molecule has 0 spiro atoms. The van der Waals surface area contributed by atoms with Gasteiger partial charge in [-0.25, -0.2) is 4.98 Å². The normalized spacial score (nSPS) is 10.4. The van der Waals surface area contributed by atoms with E-state index in [1.807, 2.05) is 19.9 Å². The number of anilines is 3. The van der Waals surface area contributed by atoms with E-state index in [2.05, 4.69) is 26.2 Å². The van der Waals surface area contributed by atoms with Crippen molar-refractivity contribution in [3.63, 3.8) is 0 Å². The Balaban J connectivity index is 2.45. The van der Waals surface area contributed by atoms with Crippen molar-refractivity contribution < 1.29 is 4.74 Å². The highest BCUT2D eigenvalue weighted by molar-refractivity contribution is 9.10. The number of nitrogens with two attached hydrogens (primary N) is 1. The summed E-state index contributed by atoms with van der Waals surface area (Å²) in [4.78, 5) is 4.29. The fraction of sp³-hybridized carbons (Fsp3) is 0.214. The lowest BCUT2D eigenvalue weighted by atomic mass is 10.2. The zero-order valence-corrected chi connectivity index (χ0v) is 13.8. The van der Waals surface area contributed by atoms with Crippen LogP contribution in [0.1, 0.15) is 11.1 Å². The fourth-order valence-corrected chi connectivity index (χ4v) is 2.32. The molecule has 0 bridgehead atoms. The van der Waals surface area contributed by atoms with Crippen LogP contribution in [0, 0.1) is 13.8 Å². The summed E-state index contributed by atoms with van der Waals surface area (Å²) in [5, 5.41) is 3.89. The molecule has 20 heavy (non-hydrogen) atoms. The summed E-state index contributed by atoms with van der Waals surface area (Å²) < 4.78 is 6.16. The van der Waals surface area contributed by atoms with Crippen LogP contribution in [0.3, 0.4) is 0 Å². The zero-order chi connectivity index (χ0) is 14.9. The molecular formula is C14H15BrClN3O. The summed E-state index contributed by atoms with van der Waals surface area (Å²) in [5.41, 5.74) is 9.15. The van der Waals surface area contributed by atoms with Gasteiger partial charge in [-0.1, -0.05) is 11.6 Å². The first kappa shape index (κ1) is 14.9. The van der Waals surface area contributed by atoms with Crippen LogP contribution in [0.4, 0.5) is 17.2 Å². The first-order chi connectivity index (χ1) is 9.43. The van der Waals surface area contributed by atoms with Gasteiger partial charge >= 0.3 is 0 Å². The van der Waals surface area contributed by atoms with E-state index in [1.165, 1.54) is 0 Å². The van der Waals surface area contributed by atoms with Gasteiger partial charge in [0.05, 0.1) is 29.2 Å². The standard InChI is InChI=1S/C14H15BrClN3O/c1-7-4-11(12(20-3)5-9(7)16)19-14-13(15)8(2)10(17)6-18-14/h4-6H,17H2,1-3H3,(H,18,19). The minimum atomic E-state index is 0.640. The second-order valence-corrected chi connectivity index (χ2v) is 5.63. The number of aryl methyl sites for hydroxylation is 1. The van der Waals surface area contributed by atoms with Crippen LogP contribution in [0.5, 0.6) is 5.75 Å². The van der Waals surface area contributed by atoms with E-state index in [0.29, 0.717) is 22.3 Å². The highest BCUT2D eigenvalue weighted by atomic mass is 79.9. The van der Waals surface area contributed by atoms with Crippen molar-refractivity contribution in [2.75, 3.05) is 18.2 Å². The van der Waals surface area contributed by atoms with Gasteiger partial charge < -0.3 is 15.8 Å². The quantitative estimate of drug-likeness (QED) is 0.853. The van der Waals surface area contributed by atoms with Gasteiger partial charge in [0, 0.05) is 11.1 Å². The topological polar surface area (TPSA) is 60.2 Å². The first-order valence-electron chi connectivity index (χ1n) is 5.95. The number of benzene rings is 1.